The van der Waals surface area contributed by atoms with Gasteiger partial charge in [-0.2, -0.15) is 0 Å². The number of Topliss-reactive ketones (excluding diaryl/α,β-unsaturated/α-hetero) is 1. The molecule has 2 aromatic carbocycles. The lowest BCUT2D eigenvalue weighted by Crippen LogP contribution is -2.42. The predicted molar refractivity (Wildman–Crippen MR) is 192 cm³/mol. The van der Waals surface area contributed by atoms with Crippen molar-refractivity contribution in [2.45, 2.75) is 44.6 Å². The summed E-state index contributed by atoms with van der Waals surface area (Å²) in [6, 6.07) is 20.4. The number of aromatic nitrogens is 8. The van der Waals surface area contributed by atoms with Crippen molar-refractivity contribution < 1.29 is 4.79 Å². The summed E-state index contributed by atoms with van der Waals surface area (Å²) in [5, 5.41) is 0. The number of rotatable bonds is 8. The molecule has 1 atom stereocenters. The molecule has 50 heavy (non-hydrogen) atoms. The van der Waals surface area contributed by atoms with Gasteiger partial charge in [0, 0.05) is 44.6 Å². The molecule has 2 fully saturated rings. The van der Waals surface area contributed by atoms with Crippen LogP contribution in [-0.2, 0) is 17.6 Å². The summed E-state index contributed by atoms with van der Waals surface area (Å²) in [5.41, 5.74) is 10.7. The first kappa shape index (κ1) is 32.9. The van der Waals surface area contributed by atoms with Gasteiger partial charge in [-0.15, -0.1) is 0 Å². The van der Waals surface area contributed by atoms with E-state index in [1.54, 1.807) is 0 Å². The number of nitrogens with one attached hydrogen (secondary N) is 4. The summed E-state index contributed by atoms with van der Waals surface area (Å²) in [7, 11) is 0. The molecule has 2 aliphatic heterocycles. The van der Waals surface area contributed by atoms with Crippen molar-refractivity contribution in [1.82, 2.24) is 39.9 Å². The molecular weight excluding hydrogens is 634 g/mol. The lowest BCUT2D eigenvalue weighted by atomic mass is 9.86. The molecule has 0 amide bonds. The molecule has 258 valence electrons. The van der Waals surface area contributed by atoms with Crippen molar-refractivity contribution in [1.29, 1.82) is 0 Å². The highest BCUT2D eigenvalue weighted by molar-refractivity contribution is 5.85. The molecule has 0 bridgehead atoms. The number of piperidine rings is 2. The second-order valence-corrected chi connectivity index (χ2v) is 13.1. The van der Waals surface area contributed by atoms with Crippen molar-refractivity contribution in [3.05, 3.63) is 105 Å². The number of carbonyl (C=O) groups is 1. The van der Waals surface area contributed by atoms with Crippen molar-refractivity contribution in [3.8, 4) is 0 Å². The molecule has 2 saturated heterocycles. The Morgan fingerprint density at radius 3 is 1.68 bits per heavy atom. The highest BCUT2D eigenvalue weighted by Gasteiger charge is 2.28. The van der Waals surface area contributed by atoms with E-state index >= 15 is 0 Å². The van der Waals surface area contributed by atoms with Gasteiger partial charge in [0.15, 0.2) is 22.9 Å². The predicted octanol–water partition coefficient (Wildman–Crippen LogP) is 3.11. The van der Waals surface area contributed by atoms with Crippen LogP contribution in [0.2, 0.25) is 0 Å². The molecule has 2 aliphatic rings. The molecule has 1 unspecified atom stereocenters. The zero-order chi connectivity index (χ0) is 34.5. The van der Waals surface area contributed by atoms with Crippen LogP contribution in [0.15, 0.2) is 82.9 Å². The summed E-state index contributed by atoms with van der Waals surface area (Å²) in [4.78, 5) is 67.6. The van der Waals surface area contributed by atoms with Crippen LogP contribution in [0.1, 0.15) is 36.8 Å². The number of carbonyl (C=O) groups excluding carboxylic acids is 1. The SMILES string of the molecule is NC(Cc1ccccc1)C1CCN(c2ncnc3[nH]c(=O)[nH]c23)CC1.O=C(Cc1ccccc1)C1CCN(c2ncnc3[nH]c(=O)[nH]c23)CC1. The van der Waals surface area contributed by atoms with Crippen molar-refractivity contribution >= 4 is 39.7 Å². The Balaban J connectivity index is 0.000000157. The zero-order valence-electron chi connectivity index (χ0n) is 27.7. The fraction of sp³-hybridized carbons (Fsp3) is 0.361. The first-order chi connectivity index (χ1) is 24.4. The molecule has 0 aliphatic carbocycles. The summed E-state index contributed by atoms with van der Waals surface area (Å²) in [6.07, 6.45) is 7.99. The van der Waals surface area contributed by atoms with Gasteiger partial charge in [0.05, 0.1) is 0 Å². The van der Waals surface area contributed by atoms with E-state index in [4.69, 9.17) is 5.73 Å². The van der Waals surface area contributed by atoms with Crippen LogP contribution in [0.4, 0.5) is 11.6 Å². The number of hydrogen-bond donors (Lipinski definition) is 5. The average molecular weight is 676 g/mol. The number of imidazole rings is 2. The third-order valence-corrected chi connectivity index (χ3v) is 9.83. The zero-order valence-corrected chi connectivity index (χ0v) is 27.7. The number of nitrogens with two attached hydrogens (primary N) is 1. The van der Waals surface area contributed by atoms with Gasteiger partial charge in [-0.1, -0.05) is 60.7 Å². The highest BCUT2D eigenvalue weighted by atomic mass is 16.1. The third kappa shape index (κ3) is 7.49. The van der Waals surface area contributed by atoms with Gasteiger partial charge in [-0.25, -0.2) is 29.5 Å². The minimum atomic E-state index is -0.287. The normalized spacial score (nSPS) is 16.3. The van der Waals surface area contributed by atoms with Crippen LogP contribution >= 0.6 is 0 Å². The largest absolute Gasteiger partial charge is 0.355 e. The Kier molecular flexibility index (Phi) is 9.78. The number of H-pyrrole nitrogens is 4. The molecule has 6 N–H and O–H groups in total. The first-order valence-electron chi connectivity index (χ1n) is 17.1. The molecule has 0 spiro atoms. The molecule has 8 rings (SSSR count). The van der Waals surface area contributed by atoms with E-state index in [-0.39, 0.29) is 23.3 Å². The Morgan fingerprint density at radius 1 is 0.680 bits per heavy atom. The average Bonchev–Trinajstić information content (AvgIpc) is 3.73. The topological polar surface area (TPSA) is 198 Å². The van der Waals surface area contributed by atoms with Crippen LogP contribution in [0.25, 0.3) is 22.3 Å². The maximum Gasteiger partial charge on any atom is 0.325 e. The monoisotopic (exact) mass is 675 g/mol. The minimum absolute atomic E-state index is 0.0825. The molecule has 14 heteroatoms. The second kappa shape index (κ2) is 14.9. The third-order valence-electron chi connectivity index (χ3n) is 9.83. The van der Waals surface area contributed by atoms with E-state index in [0.29, 0.717) is 40.4 Å². The Bertz CT molecular complexity index is 2140. The maximum absolute atomic E-state index is 12.5. The Labute approximate surface area is 287 Å². The summed E-state index contributed by atoms with van der Waals surface area (Å²) in [5.74, 6) is 2.39. The van der Waals surface area contributed by atoms with Gasteiger partial charge in [0.1, 0.15) is 29.5 Å². The van der Waals surface area contributed by atoms with Crippen LogP contribution in [0.5, 0.6) is 0 Å². The van der Waals surface area contributed by atoms with Crippen LogP contribution < -0.4 is 26.9 Å². The van der Waals surface area contributed by atoms with Crippen molar-refractivity contribution in [2.24, 2.45) is 17.6 Å². The van der Waals surface area contributed by atoms with E-state index < -0.39 is 0 Å². The van der Waals surface area contributed by atoms with Gasteiger partial charge in [0.25, 0.3) is 0 Å². The molecular formula is C36H41N11O3. The van der Waals surface area contributed by atoms with Gasteiger partial charge in [0.2, 0.25) is 0 Å². The highest BCUT2D eigenvalue weighted by Crippen LogP contribution is 2.28. The number of ketones is 1. The Morgan fingerprint density at radius 2 is 1.16 bits per heavy atom. The van der Waals surface area contributed by atoms with Crippen molar-refractivity contribution in [3.63, 3.8) is 0 Å². The smallest absolute Gasteiger partial charge is 0.325 e. The van der Waals surface area contributed by atoms with E-state index in [9.17, 15) is 14.4 Å². The van der Waals surface area contributed by atoms with E-state index in [0.717, 1.165) is 75.5 Å². The molecule has 14 nitrogen and oxygen atoms in total. The van der Waals surface area contributed by atoms with Gasteiger partial charge in [-0.05, 0) is 49.1 Å². The minimum Gasteiger partial charge on any atom is -0.355 e. The van der Waals surface area contributed by atoms with E-state index in [1.807, 2.05) is 36.4 Å². The maximum atomic E-state index is 12.5. The summed E-state index contributed by atoms with van der Waals surface area (Å²) >= 11 is 0. The fourth-order valence-corrected chi connectivity index (χ4v) is 7.10. The van der Waals surface area contributed by atoms with Crippen LogP contribution in [0, 0.1) is 11.8 Å². The van der Waals surface area contributed by atoms with E-state index in [1.165, 1.54) is 18.2 Å². The number of anilines is 2. The molecule has 6 heterocycles. The van der Waals surface area contributed by atoms with Gasteiger partial charge < -0.3 is 25.5 Å². The standard InChI is InChI=1S/C18H22N6O.C18H19N5O2/c19-14(10-12-4-2-1-3-5-12)13-6-8-24(9-7-13)17-15-16(20-11-21-17)23-18(25)22-15;24-14(10-12-4-2-1-3-5-12)13-6-8-23(9-7-13)17-15-16(19-11-20-17)22-18(25)21-15/h1-5,11,13-14H,6-10,19H2,(H2,20,21,22,23,25);1-5,11,13H,6-10H2,(H2,19,20,21,22,25). The van der Waals surface area contributed by atoms with Crippen molar-refractivity contribution in [2.75, 3.05) is 36.0 Å². The Hall–Kier alpha value is -5.63. The lowest BCUT2D eigenvalue weighted by molar-refractivity contribution is -0.122. The first-order valence-corrected chi connectivity index (χ1v) is 17.1. The summed E-state index contributed by atoms with van der Waals surface area (Å²) in [6.45, 7) is 3.24. The van der Waals surface area contributed by atoms with Crippen LogP contribution in [0.3, 0.4) is 0 Å². The molecule has 6 aromatic rings. The van der Waals surface area contributed by atoms with Gasteiger partial charge in [-0.3, -0.25) is 14.8 Å². The number of nitrogens with zero attached hydrogens (tertiary/aromatic N) is 6. The van der Waals surface area contributed by atoms with Gasteiger partial charge >= 0.3 is 11.4 Å². The van der Waals surface area contributed by atoms with E-state index in [2.05, 4.69) is 73.9 Å². The second-order valence-electron chi connectivity index (χ2n) is 13.1. The molecule has 0 saturated carbocycles. The summed E-state index contributed by atoms with van der Waals surface area (Å²) < 4.78 is 0. The lowest BCUT2D eigenvalue weighted by Gasteiger charge is -2.35. The quantitative estimate of drug-likeness (QED) is 0.160. The number of aromatic amines is 4. The molecule has 4 aromatic heterocycles. The number of benzene rings is 2. The fourth-order valence-electron chi connectivity index (χ4n) is 7.10. The van der Waals surface area contributed by atoms with Crippen LogP contribution in [-0.4, -0.2) is 77.9 Å². The molecule has 0 radical (unpaired) electrons. The number of hydrogen-bond acceptors (Lipinski definition) is 10. The number of fused-ring (bicyclic) bond motifs is 2.